The highest BCUT2D eigenvalue weighted by molar-refractivity contribution is 6.32. The van der Waals surface area contributed by atoms with Crippen LogP contribution in [0.2, 0.25) is 5.02 Å². The van der Waals surface area contributed by atoms with E-state index < -0.39 is 17.1 Å². The molecule has 0 heterocycles. The van der Waals surface area contributed by atoms with Crippen molar-refractivity contribution in [2.24, 2.45) is 0 Å². The number of rotatable bonds is 2. The minimum Gasteiger partial charge on any atom is -0.418 e. The van der Waals surface area contributed by atoms with E-state index in [1.165, 1.54) is 0 Å². The van der Waals surface area contributed by atoms with Crippen molar-refractivity contribution in [1.82, 2.24) is 0 Å². The van der Waals surface area contributed by atoms with Gasteiger partial charge < -0.3 is 4.74 Å². The summed E-state index contributed by atoms with van der Waals surface area (Å²) in [7, 11) is 0. The Bertz CT molecular complexity index is 311. The van der Waals surface area contributed by atoms with E-state index in [1.54, 1.807) is 0 Å². The second kappa shape index (κ2) is 3.64. The van der Waals surface area contributed by atoms with Gasteiger partial charge in [0.2, 0.25) is 0 Å². The summed E-state index contributed by atoms with van der Waals surface area (Å²) in [5.41, 5.74) is -3.89. The van der Waals surface area contributed by atoms with Gasteiger partial charge >= 0.3 is 5.57 Å². The summed E-state index contributed by atoms with van der Waals surface area (Å²) < 4.78 is 40.5. The molecule has 1 rings (SSSR count). The molecule has 0 unspecified atom stereocenters. The van der Waals surface area contributed by atoms with E-state index in [0.29, 0.717) is 0 Å². The van der Waals surface area contributed by atoms with Crippen molar-refractivity contribution in [3.63, 3.8) is 0 Å². The summed E-state index contributed by atoms with van der Waals surface area (Å²) in [6, 6.07) is 2.83. The molecule has 13 heavy (non-hydrogen) atoms. The van der Waals surface area contributed by atoms with Crippen LogP contribution in [0, 0.1) is 5.82 Å². The molecule has 72 valence electrons. The molecule has 1 aromatic carbocycles. The fraction of sp³-hybridized carbons (Fsp3) is 0.143. The number of alkyl halides is 3. The summed E-state index contributed by atoms with van der Waals surface area (Å²) in [6.07, 6.45) is 0. The molecule has 0 radical (unpaired) electrons. The highest BCUT2D eigenvalue weighted by atomic mass is 35.5. The van der Waals surface area contributed by atoms with Gasteiger partial charge in [-0.15, -0.1) is 8.78 Å². The average molecular weight is 231 g/mol. The number of benzene rings is 1. The van der Waals surface area contributed by atoms with Crippen molar-refractivity contribution >= 4 is 23.2 Å². The van der Waals surface area contributed by atoms with Gasteiger partial charge in [-0.2, -0.15) is 0 Å². The Kier molecular flexibility index (Phi) is 2.93. The Morgan fingerprint density at radius 3 is 2.46 bits per heavy atom. The Hall–Kier alpha value is -0.610. The lowest BCUT2D eigenvalue weighted by atomic mass is 10.3. The van der Waals surface area contributed by atoms with Crippen LogP contribution in [-0.2, 0) is 0 Å². The zero-order valence-corrected chi connectivity index (χ0v) is 7.54. The van der Waals surface area contributed by atoms with E-state index in [2.05, 4.69) is 16.3 Å². The molecule has 0 fully saturated rings. The third-order valence-electron chi connectivity index (χ3n) is 1.12. The van der Waals surface area contributed by atoms with E-state index >= 15 is 0 Å². The van der Waals surface area contributed by atoms with Crippen LogP contribution >= 0.6 is 23.2 Å². The highest BCUT2D eigenvalue weighted by Gasteiger charge is 2.28. The van der Waals surface area contributed by atoms with Gasteiger partial charge in [-0.3, -0.25) is 0 Å². The van der Waals surface area contributed by atoms with Crippen molar-refractivity contribution in [3.8, 4) is 5.75 Å². The highest BCUT2D eigenvalue weighted by Crippen LogP contribution is 2.31. The molecule has 6 heteroatoms. The predicted molar refractivity (Wildman–Crippen MR) is 42.8 cm³/mol. The molecule has 0 amide bonds. The first-order valence-corrected chi connectivity index (χ1v) is 3.85. The largest absolute Gasteiger partial charge is 0.487 e. The third-order valence-corrected chi connectivity index (χ3v) is 1.51. The van der Waals surface area contributed by atoms with E-state index in [1.807, 2.05) is 0 Å². The summed E-state index contributed by atoms with van der Waals surface area (Å²) in [5.74, 6) is -1.23. The van der Waals surface area contributed by atoms with Gasteiger partial charge in [-0.05, 0) is 12.1 Å². The van der Waals surface area contributed by atoms with Crippen molar-refractivity contribution in [2.45, 2.75) is 5.57 Å². The molecule has 0 N–H and O–H groups in total. The van der Waals surface area contributed by atoms with Gasteiger partial charge in [-0.25, -0.2) is 4.39 Å². The quantitative estimate of drug-likeness (QED) is 0.706. The lowest BCUT2D eigenvalue weighted by Crippen LogP contribution is -2.15. The molecular formula is C7H3Cl2F3O. The normalized spacial score (nSPS) is 11.5. The molecular weight excluding hydrogens is 228 g/mol. The molecule has 0 saturated carbocycles. The summed E-state index contributed by atoms with van der Waals surface area (Å²) in [4.78, 5) is 0. The molecule has 0 aromatic heterocycles. The van der Waals surface area contributed by atoms with Crippen LogP contribution in [0.5, 0.6) is 5.75 Å². The van der Waals surface area contributed by atoms with Crippen molar-refractivity contribution < 1.29 is 17.9 Å². The van der Waals surface area contributed by atoms with Gasteiger partial charge in [0.25, 0.3) is 0 Å². The number of hydrogen-bond donors (Lipinski definition) is 0. The van der Waals surface area contributed by atoms with Gasteiger partial charge in [-0.1, -0.05) is 11.6 Å². The molecule has 1 aromatic rings. The van der Waals surface area contributed by atoms with Gasteiger partial charge in [0, 0.05) is 17.7 Å². The van der Waals surface area contributed by atoms with E-state index in [9.17, 15) is 13.2 Å². The smallest absolute Gasteiger partial charge is 0.418 e. The topological polar surface area (TPSA) is 9.23 Å². The SMILES string of the molecule is Fc1ccc(Cl)c(OC(F)(F)Cl)c1. The molecule has 0 aliphatic heterocycles. The first-order chi connectivity index (χ1) is 5.88. The number of ether oxygens (including phenoxy) is 1. The molecule has 1 nitrogen and oxygen atoms in total. The van der Waals surface area contributed by atoms with E-state index in [-0.39, 0.29) is 5.02 Å². The fourth-order valence-electron chi connectivity index (χ4n) is 0.680. The Morgan fingerprint density at radius 1 is 1.31 bits per heavy atom. The predicted octanol–water partition coefficient (Wildman–Crippen LogP) is 3.65. The summed E-state index contributed by atoms with van der Waals surface area (Å²) in [5, 5.41) is -0.137. The second-order valence-corrected chi connectivity index (χ2v) is 2.97. The van der Waals surface area contributed by atoms with Crippen molar-refractivity contribution in [1.29, 1.82) is 0 Å². The zero-order valence-electron chi connectivity index (χ0n) is 6.03. The maximum Gasteiger partial charge on any atom is 0.487 e. The molecule has 0 spiro atoms. The Morgan fingerprint density at radius 2 is 1.92 bits per heavy atom. The maximum atomic E-state index is 12.5. The van der Waals surface area contributed by atoms with Crippen LogP contribution in [0.25, 0.3) is 0 Å². The van der Waals surface area contributed by atoms with Crippen molar-refractivity contribution in [2.75, 3.05) is 0 Å². The number of hydrogen-bond acceptors (Lipinski definition) is 1. The molecule has 0 aliphatic rings. The Balaban J connectivity index is 2.94. The average Bonchev–Trinajstić information content (AvgIpc) is 1.94. The summed E-state index contributed by atoms with van der Waals surface area (Å²) >= 11 is 9.87. The first kappa shape index (κ1) is 10.5. The minimum atomic E-state index is -3.89. The third kappa shape index (κ3) is 3.32. The van der Waals surface area contributed by atoms with E-state index in [0.717, 1.165) is 18.2 Å². The fourth-order valence-corrected chi connectivity index (χ4v) is 0.919. The lowest BCUT2D eigenvalue weighted by Gasteiger charge is -2.11. The second-order valence-electron chi connectivity index (χ2n) is 2.12. The standard InChI is InChI=1S/C7H3Cl2F3O/c8-5-2-1-4(10)3-6(5)13-7(9,11)12/h1-3H. The summed E-state index contributed by atoms with van der Waals surface area (Å²) in [6.45, 7) is 0. The van der Waals surface area contributed by atoms with Crippen LogP contribution < -0.4 is 4.74 Å². The van der Waals surface area contributed by atoms with Crippen LogP contribution in [0.15, 0.2) is 18.2 Å². The van der Waals surface area contributed by atoms with Crippen LogP contribution in [0.4, 0.5) is 13.2 Å². The molecule has 0 atom stereocenters. The number of halogens is 5. The molecule has 0 saturated heterocycles. The lowest BCUT2D eigenvalue weighted by molar-refractivity contribution is -0.0965. The van der Waals surface area contributed by atoms with Gasteiger partial charge in [0.05, 0.1) is 5.02 Å². The monoisotopic (exact) mass is 230 g/mol. The van der Waals surface area contributed by atoms with Crippen LogP contribution in [-0.4, -0.2) is 5.57 Å². The van der Waals surface area contributed by atoms with E-state index in [4.69, 9.17) is 11.6 Å². The minimum absolute atomic E-state index is 0.137. The molecule has 0 bridgehead atoms. The first-order valence-electron chi connectivity index (χ1n) is 3.09. The van der Waals surface area contributed by atoms with Crippen LogP contribution in [0.3, 0.4) is 0 Å². The van der Waals surface area contributed by atoms with Gasteiger partial charge in [0.15, 0.2) is 0 Å². The van der Waals surface area contributed by atoms with Crippen LogP contribution in [0.1, 0.15) is 0 Å². The van der Waals surface area contributed by atoms with Crippen molar-refractivity contribution in [3.05, 3.63) is 29.0 Å². The maximum absolute atomic E-state index is 12.5. The zero-order chi connectivity index (χ0) is 10.1. The Labute approximate surface area is 82.0 Å². The molecule has 0 aliphatic carbocycles. The van der Waals surface area contributed by atoms with Gasteiger partial charge in [0.1, 0.15) is 11.6 Å².